The maximum Gasteiger partial charge on any atom is 0.309 e. The van der Waals surface area contributed by atoms with Gasteiger partial charge in [-0.3, -0.25) is 4.79 Å². The highest BCUT2D eigenvalue weighted by molar-refractivity contribution is 5.72. The van der Waals surface area contributed by atoms with Crippen molar-refractivity contribution >= 4 is 5.97 Å². The Morgan fingerprint density at radius 1 is 1.34 bits per heavy atom. The SMILES string of the molecule is COC(=O)[C@@H](C/C=C/[C@@H]1OC(C)(C)O[C@@H]1CN=[N+]=[N-])CCOCc1ccccc1. The van der Waals surface area contributed by atoms with Crippen LogP contribution < -0.4 is 0 Å². The Labute approximate surface area is 171 Å². The molecule has 8 nitrogen and oxygen atoms in total. The quantitative estimate of drug-likeness (QED) is 0.138. The van der Waals surface area contributed by atoms with Crippen molar-refractivity contribution in [3.8, 4) is 0 Å². The minimum absolute atomic E-state index is 0.183. The fraction of sp³-hybridized carbons (Fsp3) is 0.571. The van der Waals surface area contributed by atoms with Crippen molar-refractivity contribution in [1.29, 1.82) is 0 Å². The number of allylic oxidation sites excluding steroid dienone is 1. The van der Waals surface area contributed by atoms with Gasteiger partial charge in [-0.15, -0.1) is 0 Å². The average molecular weight is 403 g/mol. The van der Waals surface area contributed by atoms with Gasteiger partial charge in [0.05, 0.1) is 32.3 Å². The molecule has 0 radical (unpaired) electrons. The number of hydrogen-bond acceptors (Lipinski definition) is 6. The van der Waals surface area contributed by atoms with E-state index >= 15 is 0 Å². The molecule has 0 N–H and O–H groups in total. The number of nitrogens with zero attached hydrogens (tertiary/aromatic N) is 3. The van der Waals surface area contributed by atoms with Crippen LogP contribution in [0.4, 0.5) is 0 Å². The Morgan fingerprint density at radius 3 is 2.79 bits per heavy atom. The molecule has 3 atom stereocenters. The van der Waals surface area contributed by atoms with Crippen LogP contribution in [-0.2, 0) is 30.3 Å². The third-order valence-electron chi connectivity index (χ3n) is 4.55. The number of azide groups is 1. The summed E-state index contributed by atoms with van der Waals surface area (Å²) in [6, 6.07) is 9.88. The lowest BCUT2D eigenvalue weighted by atomic mass is 10.0. The van der Waals surface area contributed by atoms with Crippen LogP contribution in [0.15, 0.2) is 47.6 Å². The van der Waals surface area contributed by atoms with Gasteiger partial charge in [-0.25, -0.2) is 0 Å². The summed E-state index contributed by atoms with van der Waals surface area (Å²) in [5.41, 5.74) is 9.63. The molecule has 1 heterocycles. The zero-order chi connectivity index (χ0) is 21.1. The first-order valence-electron chi connectivity index (χ1n) is 9.68. The second-order valence-electron chi connectivity index (χ2n) is 7.26. The smallest absolute Gasteiger partial charge is 0.309 e. The third-order valence-corrected chi connectivity index (χ3v) is 4.55. The highest BCUT2D eigenvalue weighted by atomic mass is 16.7. The van der Waals surface area contributed by atoms with Crippen molar-refractivity contribution in [3.05, 3.63) is 58.5 Å². The second-order valence-corrected chi connectivity index (χ2v) is 7.26. The summed E-state index contributed by atoms with van der Waals surface area (Å²) in [5.74, 6) is -1.33. The first-order valence-corrected chi connectivity index (χ1v) is 9.68. The van der Waals surface area contributed by atoms with Gasteiger partial charge in [-0.1, -0.05) is 47.6 Å². The summed E-state index contributed by atoms with van der Waals surface area (Å²) < 4.78 is 22.2. The predicted octanol–water partition coefficient (Wildman–Crippen LogP) is 4.16. The van der Waals surface area contributed by atoms with Crippen molar-refractivity contribution in [3.63, 3.8) is 0 Å². The minimum atomic E-state index is -0.752. The first-order chi connectivity index (χ1) is 13.9. The van der Waals surface area contributed by atoms with Gasteiger partial charge in [0.15, 0.2) is 5.79 Å². The zero-order valence-electron chi connectivity index (χ0n) is 17.2. The van der Waals surface area contributed by atoms with Crippen LogP contribution in [0, 0.1) is 5.92 Å². The lowest BCUT2D eigenvalue weighted by molar-refractivity contribution is -0.146. The van der Waals surface area contributed by atoms with Gasteiger partial charge in [0, 0.05) is 11.5 Å². The number of carbonyl (C=O) groups is 1. The number of esters is 1. The maximum absolute atomic E-state index is 12.1. The fourth-order valence-corrected chi connectivity index (χ4v) is 3.15. The maximum atomic E-state index is 12.1. The third kappa shape index (κ3) is 7.87. The minimum Gasteiger partial charge on any atom is -0.469 e. The molecule has 1 aliphatic rings. The van der Waals surface area contributed by atoms with Crippen molar-refractivity contribution in [1.82, 2.24) is 0 Å². The molecule has 8 heteroatoms. The summed E-state index contributed by atoms with van der Waals surface area (Å²) in [4.78, 5) is 14.9. The van der Waals surface area contributed by atoms with Gasteiger partial charge in [0.2, 0.25) is 0 Å². The van der Waals surface area contributed by atoms with Gasteiger partial charge in [-0.05, 0) is 37.8 Å². The van der Waals surface area contributed by atoms with E-state index in [4.69, 9.17) is 24.5 Å². The van der Waals surface area contributed by atoms with E-state index in [-0.39, 0.29) is 30.6 Å². The van der Waals surface area contributed by atoms with Crippen LogP contribution in [0.5, 0.6) is 0 Å². The molecule has 158 valence electrons. The topological polar surface area (TPSA) is 103 Å². The molecule has 1 fully saturated rings. The molecule has 0 bridgehead atoms. The van der Waals surface area contributed by atoms with Gasteiger partial charge in [0.25, 0.3) is 0 Å². The van der Waals surface area contributed by atoms with Crippen LogP contribution in [0.25, 0.3) is 10.4 Å². The molecule has 0 spiro atoms. The number of hydrogen-bond donors (Lipinski definition) is 0. The second kappa shape index (κ2) is 11.6. The van der Waals surface area contributed by atoms with Gasteiger partial charge in [-0.2, -0.15) is 0 Å². The molecular weight excluding hydrogens is 374 g/mol. The normalized spacial score (nSPS) is 21.6. The van der Waals surface area contributed by atoms with Crippen molar-refractivity contribution in [2.75, 3.05) is 20.3 Å². The molecule has 0 amide bonds. The van der Waals surface area contributed by atoms with E-state index in [9.17, 15) is 4.79 Å². The Morgan fingerprint density at radius 2 is 2.10 bits per heavy atom. The van der Waals surface area contributed by atoms with Crippen LogP contribution in [0.3, 0.4) is 0 Å². The monoisotopic (exact) mass is 403 g/mol. The number of methoxy groups -OCH3 is 1. The number of ether oxygens (including phenoxy) is 4. The highest BCUT2D eigenvalue weighted by Crippen LogP contribution is 2.29. The molecular formula is C21H29N3O5. The molecule has 0 aliphatic carbocycles. The lowest BCUT2D eigenvalue weighted by Crippen LogP contribution is -2.24. The van der Waals surface area contributed by atoms with E-state index in [0.717, 1.165) is 5.56 Å². The molecule has 1 aromatic carbocycles. The highest BCUT2D eigenvalue weighted by Gasteiger charge is 2.39. The molecule has 1 aromatic rings. The molecule has 2 rings (SSSR count). The Hall–Kier alpha value is -2.38. The van der Waals surface area contributed by atoms with E-state index in [0.29, 0.717) is 26.1 Å². The largest absolute Gasteiger partial charge is 0.469 e. The fourth-order valence-electron chi connectivity index (χ4n) is 3.15. The van der Waals surface area contributed by atoms with Crippen molar-refractivity contribution < 1.29 is 23.7 Å². The predicted molar refractivity (Wildman–Crippen MR) is 108 cm³/mol. The lowest BCUT2D eigenvalue weighted by Gasteiger charge is -2.16. The number of carbonyl (C=O) groups excluding carboxylic acids is 1. The molecule has 29 heavy (non-hydrogen) atoms. The number of rotatable bonds is 11. The summed E-state index contributed by atoms with van der Waals surface area (Å²) in [6.07, 6.45) is 4.09. The van der Waals surface area contributed by atoms with Crippen molar-refractivity contribution in [2.45, 2.75) is 51.3 Å². The van der Waals surface area contributed by atoms with Gasteiger partial charge < -0.3 is 18.9 Å². The molecule has 1 aliphatic heterocycles. The van der Waals surface area contributed by atoms with E-state index in [1.165, 1.54) is 7.11 Å². The van der Waals surface area contributed by atoms with Crippen LogP contribution in [-0.4, -0.2) is 44.2 Å². The standard InChI is InChI=1S/C21H29N3O5/c1-21(2)28-18(19(29-21)14-23-24-22)11-7-10-17(20(25)26-3)12-13-27-15-16-8-5-4-6-9-16/h4-9,11,17-19H,10,12-15H2,1-3H3/b11-7+/t17-,18-,19+/m0/s1. The van der Waals surface area contributed by atoms with Gasteiger partial charge >= 0.3 is 5.97 Å². The zero-order valence-corrected chi connectivity index (χ0v) is 17.2. The summed E-state index contributed by atoms with van der Waals surface area (Å²) in [5, 5.41) is 3.58. The van der Waals surface area contributed by atoms with E-state index < -0.39 is 5.79 Å². The van der Waals surface area contributed by atoms with Crippen LogP contribution in [0.2, 0.25) is 0 Å². The van der Waals surface area contributed by atoms with E-state index in [1.54, 1.807) is 0 Å². The van der Waals surface area contributed by atoms with E-state index in [1.807, 2.05) is 56.3 Å². The van der Waals surface area contributed by atoms with Gasteiger partial charge in [0.1, 0.15) is 6.10 Å². The Kier molecular flexibility index (Phi) is 9.15. The summed E-state index contributed by atoms with van der Waals surface area (Å²) in [6.45, 7) is 4.77. The molecule has 0 aromatic heterocycles. The first kappa shape index (κ1) is 22.9. The van der Waals surface area contributed by atoms with E-state index in [2.05, 4.69) is 10.0 Å². The summed E-state index contributed by atoms with van der Waals surface area (Å²) in [7, 11) is 1.39. The molecule has 0 unspecified atom stereocenters. The Balaban J connectivity index is 1.85. The van der Waals surface area contributed by atoms with Crippen molar-refractivity contribution in [2.24, 2.45) is 11.0 Å². The van der Waals surface area contributed by atoms with Crippen LogP contribution >= 0.6 is 0 Å². The average Bonchev–Trinajstić information content (AvgIpc) is 3.01. The molecule has 1 saturated heterocycles. The summed E-state index contributed by atoms with van der Waals surface area (Å²) >= 11 is 0. The Bertz CT molecular complexity index is 716. The molecule has 0 saturated carbocycles. The number of benzene rings is 1. The van der Waals surface area contributed by atoms with Crippen LogP contribution in [0.1, 0.15) is 32.3 Å².